The van der Waals surface area contributed by atoms with Crippen molar-refractivity contribution in [2.45, 2.75) is 12.3 Å². The van der Waals surface area contributed by atoms with Gasteiger partial charge in [0.25, 0.3) is 0 Å². The van der Waals surface area contributed by atoms with Crippen LogP contribution in [0.4, 0.5) is 17.1 Å². The number of benzene rings is 8. The van der Waals surface area contributed by atoms with Crippen molar-refractivity contribution in [3.05, 3.63) is 223 Å². The third-order valence-electron chi connectivity index (χ3n) is 11.1. The van der Waals surface area contributed by atoms with Crippen LogP contribution in [0.1, 0.15) is 29.2 Å². The topological polar surface area (TPSA) is 38.0 Å². The van der Waals surface area contributed by atoms with Crippen molar-refractivity contribution in [3.8, 4) is 33.4 Å². The highest BCUT2D eigenvalue weighted by molar-refractivity contribution is 6.07. The Morgan fingerprint density at radius 3 is 1.85 bits per heavy atom. The number of hydrogen-bond acceptors (Lipinski definition) is 2. The normalized spacial score (nSPS) is 13.0. The number of fused-ring (bicyclic) bond motifs is 13. The minimum atomic E-state index is -0.405. The maximum Gasteiger partial charge on any atom is 0.0731 e. The number of allylic oxidation sites excluding steroid dienone is 4. The van der Waals surface area contributed by atoms with Crippen LogP contribution in [-0.2, 0) is 5.41 Å². The summed E-state index contributed by atoms with van der Waals surface area (Å²) in [6.45, 7) is 9.07. The van der Waals surface area contributed by atoms with Gasteiger partial charge < -0.3 is 11.1 Å². The van der Waals surface area contributed by atoms with Crippen molar-refractivity contribution < 1.29 is 0 Å². The molecule has 0 amide bonds. The van der Waals surface area contributed by atoms with Gasteiger partial charge >= 0.3 is 0 Å². The molecular weight excluding hydrogens is 653 g/mol. The summed E-state index contributed by atoms with van der Waals surface area (Å²) < 4.78 is 0. The van der Waals surface area contributed by atoms with E-state index in [4.69, 9.17) is 5.73 Å². The lowest BCUT2D eigenvalue weighted by Crippen LogP contribution is -2.26. The van der Waals surface area contributed by atoms with E-state index in [0.717, 1.165) is 33.8 Å². The lowest BCUT2D eigenvalue weighted by Gasteiger charge is -2.31. The fraction of sp³-hybridized carbons (Fsp3) is 0.0385. The van der Waals surface area contributed by atoms with Gasteiger partial charge in [-0.1, -0.05) is 158 Å². The van der Waals surface area contributed by atoms with Gasteiger partial charge in [0.15, 0.2) is 0 Å². The van der Waals surface area contributed by atoms with E-state index in [-0.39, 0.29) is 0 Å². The van der Waals surface area contributed by atoms with E-state index in [1.165, 1.54) is 66.1 Å². The van der Waals surface area contributed by atoms with Crippen LogP contribution in [0.2, 0.25) is 0 Å². The molecule has 0 unspecified atom stereocenters. The highest BCUT2D eigenvalue weighted by atomic mass is 14.9. The lowest BCUT2D eigenvalue weighted by atomic mass is 9.69. The monoisotopic (exact) mass is 692 g/mol. The standard InChI is InChI=1S/C45H30N2.C7H10/c46-42-27-31(20-23-43(42)47-33-12-2-1-3-13-33)30-18-21-34-32(24-30)19-22-37-38-25-28-10-4-5-11-29(28)26-41(38)45(44(34)37)39-16-8-6-14-35(39)36-15-7-9-17-40(36)45;1-4-6-7(3)5-2/h1-27,47H,46H2;4-6H,1-2H2,3H3/b;7-6-. The zero-order valence-corrected chi connectivity index (χ0v) is 30.3. The summed E-state index contributed by atoms with van der Waals surface area (Å²) in [6.07, 6.45) is 5.45. The molecule has 8 aromatic rings. The highest BCUT2D eigenvalue weighted by Gasteiger charge is 2.52. The van der Waals surface area contributed by atoms with Crippen LogP contribution in [0.5, 0.6) is 0 Å². The molecule has 0 aliphatic heterocycles. The number of nitrogens with one attached hydrogen (secondary N) is 1. The van der Waals surface area contributed by atoms with Crippen LogP contribution in [0.3, 0.4) is 0 Å². The molecule has 0 heterocycles. The Hall–Kier alpha value is -6.90. The van der Waals surface area contributed by atoms with Crippen LogP contribution in [0.15, 0.2) is 201 Å². The van der Waals surface area contributed by atoms with Gasteiger partial charge in [0, 0.05) is 5.69 Å². The maximum absolute atomic E-state index is 6.59. The van der Waals surface area contributed by atoms with Gasteiger partial charge in [-0.15, -0.1) is 0 Å². The molecule has 1 spiro atoms. The van der Waals surface area contributed by atoms with Gasteiger partial charge in [0.1, 0.15) is 0 Å². The minimum absolute atomic E-state index is 0.405. The molecule has 2 heteroatoms. The van der Waals surface area contributed by atoms with Crippen molar-refractivity contribution in [1.29, 1.82) is 0 Å². The van der Waals surface area contributed by atoms with Gasteiger partial charge in [-0.2, -0.15) is 0 Å². The van der Waals surface area contributed by atoms with E-state index in [9.17, 15) is 0 Å². The Morgan fingerprint density at radius 1 is 0.556 bits per heavy atom. The smallest absolute Gasteiger partial charge is 0.0731 e. The van der Waals surface area contributed by atoms with Crippen LogP contribution < -0.4 is 11.1 Å². The predicted octanol–water partition coefficient (Wildman–Crippen LogP) is 13.6. The maximum atomic E-state index is 6.59. The number of nitrogen functional groups attached to an aromatic ring is 1. The summed E-state index contributed by atoms with van der Waals surface area (Å²) in [5, 5.41) is 8.50. The molecule has 0 saturated carbocycles. The summed E-state index contributed by atoms with van der Waals surface area (Å²) in [7, 11) is 0. The van der Waals surface area contributed by atoms with E-state index >= 15 is 0 Å². The Morgan fingerprint density at radius 2 is 1.19 bits per heavy atom. The van der Waals surface area contributed by atoms with Gasteiger partial charge in [-0.25, -0.2) is 0 Å². The fourth-order valence-corrected chi connectivity index (χ4v) is 8.63. The summed E-state index contributed by atoms with van der Waals surface area (Å²) in [4.78, 5) is 0. The number of anilines is 3. The molecule has 0 radical (unpaired) electrons. The van der Waals surface area contributed by atoms with Crippen LogP contribution in [-0.4, -0.2) is 0 Å². The molecule has 54 heavy (non-hydrogen) atoms. The second-order valence-corrected chi connectivity index (χ2v) is 14.2. The van der Waals surface area contributed by atoms with Gasteiger partial charge in [-0.05, 0) is 127 Å². The van der Waals surface area contributed by atoms with E-state index < -0.39 is 5.41 Å². The molecule has 10 rings (SSSR count). The van der Waals surface area contributed by atoms with Crippen molar-refractivity contribution in [2.75, 3.05) is 11.1 Å². The molecule has 2 aliphatic carbocycles. The molecule has 0 atom stereocenters. The first kappa shape index (κ1) is 33.0. The average Bonchev–Trinajstić information content (AvgIpc) is 3.68. The van der Waals surface area contributed by atoms with E-state index in [1.54, 1.807) is 12.2 Å². The first-order valence-electron chi connectivity index (χ1n) is 18.5. The van der Waals surface area contributed by atoms with E-state index in [2.05, 4.69) is 152 Å². The Labute approximate surface area is 317 Å². The molecule has 2 aliphatic rings. The van der Waals surface area contributed by atoms with E-state index in [0.29, 0.717) is 0 Å². The molecule has 8 aromatic carbocycles. The number of hydrogen-bond donors (Lipinski definition) is 2. The third kappa shape index (κ3) is 5.18. The molecular formula is C52H40N2. The third-order valence-corrected chi connectivity index (χ3v) is 11.1. The zero-order valence-electron chi connectivity index (χ0n) is 30.3. The van der Waals surface area contributed by atoms with Gasteiger partial charge in [-0.3, -0.25) is 0 Å². The summed E-state index contributed by atoms with van der Waals surface area (Å²) in [5.41, 5.74) is 23.0. The zero-order chi connectivity index (χ0) is 36.8. The number of rotatable bonds is 5. The largest absolute Gasteiger partial charge is 0.397 e. The SMILES string of the molecule is C=C/C=C(/C)C=C.Nc1cc(-c2ccc3c4c(ccc3c2)-c2cc3ccccc3cc2C42c3ccccc3-c3ccccc32)ccc1Nc1ccccc1. The Kier molecular flexibility index (Phi) is 8.09. The number of nitrogens with two attached hydrogens (primary N) is 1. The van der Waals surface area contributed by atoms with E-state index in [1.807, 2.05) is 43.3 Å². The fourth-order valence-electron chi connectivity index (χ4n) is 8.63. The molecule has 0 fully saturated rings. The first-order chi connectivity index (χ1) is 26.5. The van der Waals surface area contributed by atoms with Crippen molar-refractivity contribution in [3.63, 3.8) is 0 Å². The summed E-state index contributed by atoms with van der Waals surface area (Å²) in [6, 6.07) is 59.7. The van der Waals surface area contributed by atoms with Crippen molar-refractivity contribution >= 4 is 38.6 Å². The quantitative estimate of drug-likeness (QED) is 0.139. The van der Waals surface area contributed by atoms with Crippen LogP contribution in [0.25, 0.3) is 54.9 Å². The van der Waals surface area contributed by atoms with Crippen molar-refractivity contribution in [1.82, 2.24) is 0 Å². The predicted molar refractivity (Wildman–Crippen MR) is 231 cm³/mol. The summed E-state index contributed by atoms with van der Waals surface area (Å²) in [5.74, 6) is 0. The Balaban J connectivity index is 0.000000504. The first-order valence-corrected chi connectivity index (χ1v) is 18.5. The Bertz CT molecular complexity index is 2760. The average molecular weight is 693 g/mol. The molecule has 258 valence electrons. The molecule has 2 nitrogen and oxygen atoms in total. The minimum Gasteiger partial charge on any atom is -0.397 e. The second kappa shape index (κ2) is 13.3. The van der Waals surface area contributed by atoms with Crippen molar-refractivity contribution in [2.24, 2.45) is 0 Å². The molecule has 0 bridgehead atoms. The second-order valence-electron chi connectivity index (χ2n) is 14.2. The molecule has 3 N–H and O–H groups in total. The van der Waals surface area contributed by atoms with Crippen LogP contribution >= 0.6 is 0 Å². The molecule has 0 aromatic heterocycles. The van der Waals surface area contributed by atoms with Gasteiger partial charge in [0.05, 0.1) is 16.8 Å². The lowest BCUT2D eigenvalue weighted by molar-refractivity contribution is 0.802. The summed E-state index contributed by atoms with van der Waals surface area (Å²) >= 11 is 0. The number of para-hydroxylation sites is 1. The van der Waals surface area contributed by atoms with Gasteiger partial charge in [0.2, 0.25) is 0 Å². The molecule has 0 saturated heterocycles. The van der Waals surface area contributed by atoms with Crippen LogP contribution in [0, 0.1) is 0 Å². The highest BCUT2D eigenvalue weighted by Crippen LogP contribution is 2.64.